The number of nitrogens with one attached hydrogen (secondary N) is 1. The molecule has 3 rings (SSSR count). The highest BCUT2D eigenvalue weighted by Gasteiger charge is 2.20. The minimum atomic E-state index is -0.577. The Morgan fingerprint density at radius 2 is 1.96 bits per heavy atom. The molecule has 0 saturated heterocycles. The maximum Gasteiger partial charge on any atom is 0.291 e. The van der Waals surface area contributed by atoms with Gasteiger partial charge in [-0.15, -0.1) is 0 Å². The Morgan fingerprint density at radius 3 is 2.69 bits per heavy atom. The van der Waals surface area contributed by atoms with E-state index >= 15 is 0 Å². The first-order valence-corrected chi connectivity index (χ1v) is 7.72. The monoisotopic (exact) mass is 367 g/mol. The van der Waals surface area contributed by atoms with Crippen molar-refractivity contribution in [1.29, 1.82) is 5.26 Å². The van der Waals surface area contributed by atoms with Crippen LogP contribution in [0.15, 0.2) is 59.0 Å². The summed E-state index contributed by atoms with van der Waals surface area (Å²) in [5.41, 5.74) is 0.626. The van der Waals surface area contributed by atoms with Crippen molar-refractivity contribution in [2.24, 2.45) is 0 Å². The van der Waals surface area contributed by atoms with Crippen LogP contribution in [0.1, 0.15) is 16.1 Å². The zero-order valence-corrected chi connectivity index (χ0v) is 13.9. The van der Waals surface area contributed by atoms with Gasteiger partial charge >= 0.3 is 0 Å². The molecule has 0 aliphatic rings. The number of nitrogens with zero attached hydrogens (tertiary/aromatic N) is 2. The predicted octanol–water partition coefficient (Wildman–Crippen LogP) is 4.63. The van der Waals surface area contributed by atoms with Gasteiger partial charge < -0.3 is 9.73 Å². The van der Waals surface area contributed by atoms with Gasteiger partial charge in [-0.25, -0.2) is 0 Å². The van der Waals surface area contributed by atoms with Crippen LogP contribution in [0.5, 0.6) is 0 Å². The van der Waals surface area contributed by atoms with Crippen molar-refractivity contribution >= 4 is 28.9 Å². The number of amides is 1. The van der Waals surface area contributed by atoms with Gasteiger partial charge in [0.2, 0.25) is 0 Å². The summed E-state index contributed by atoms with van der Waals surface area (Å²) in [5, 5.41) is 23.1. The van der Waals surface area contributed by atoms with Crippen LogP contribution in [0.25, 0.3) is 11.3 Å². The number of rotatable bonds is 4. The van der Waals surface area contributed by atoms with Gasteiger partial charge in [0, 0.05) is 11.1 Å². The molecule has 0 aliphatic heterocycles. The van der Waals surface area contributed by atoms with E-state index in [-0.39, 0.29) is 27.8 Å². The minimum Gasteiger partial charge on any atom is -0.451 e. The van der Waals surface area contributed by atoms with Gasteiger partial charge in [-0.2, -0.15) is 5.26 Å². The van der Waals surface area contributed by atoms with Crippen molar-refractivity contribution < 1.29 is 14.1 Å². The van der Waals surface area contributed by atoms with E-state index in [0.29, 0.717) is 11.3 Å². The third-order valence-electron chi connectivity index (χ3n) is 3.55. The molecule has 3 aromatic rings. The fourth-order valence-electron chi connectivity index (χ4n) is 2.34. The van der Waals surface area contributed by atoms with Gasteiger partial charge in [0.05, 0.1) is 21.7 Å². The second kappa shape index (κ2) is 7.09. The first-order chi connectivity index (χ1) is 12.5. The molecule has 1 amide bonds. The molecular weight excluding hydrogens is 358 g/mol. The van der Waals surface area contributed by atoms with E-state index in [1.807, 2.05) is 6.07 Å². The number of anilines is 1. The second-order valence-corrected chi connectivity index (χ2v) is 5.63. The Balaban J connectivity index is 1.90. The summed E-state index contributed by atoms with van der Waals surface area (Å²) in [4.78, 5) is 22.9. The molecule has 1 aromatic heterocycles. The molecule has 0 bridgehead atoms. The number of nitro benzene ring substituents is 1. The number of furan rings is 1. The fraction of sp³-hybridized carbons (Fsp3) is 0. The Kier molecular flexibility index (Phi) is 4.69. The summed E-state index contributed by atoms with van der Waals surface area (Å²) < 4.78 is 5.47. The van der Waals surface area contributed by atoms with E-state index in [1.54, 1.807) is 24.3 Å². The van der Waals surface area contributed by atoms with Gasteiger partial charge in [0.1, 0.15) is 11.8 Å². The molecule has 7 nitrogen and oxygen atoms in total. The number of benzene rings is 2. The first kappa shape index (κ1) is 17.2. The first-order valence-electron chi connectivity index (χ1n) is 7.34. The zero-order chi connectivity index (χ0) is 18.7. The molecule has 2 aromatic carbocycles. The Bertz CT molecular complexity index is 1050. The highest BCUT2D eigenvalue weighted by Crippen LogP contribution is 2.33. The van der Waals surface area contributed by atoms with Crippen molar-refractivity contribution in [3.63, 3.8) is 0 Å². The predicted molar refractivity (Wildman–Crippen MR) is 94.9 cm³/mol. The van der Waals surface area contributed by atoms with Crippen LogP contribution < -0.4 is 5.32 Å². The average Bonchev–Trinajstić information content (AvgIpc) is 3.12. The second-order valence-electron chi connectivity index (χ2n) is 5.19. The van der Waals surface area contributed by atoms with Crippen molar-refractivity contribution in [2.75, 3.05) is 5.32 Å². The molecule has 1 N–H and O–H groups in total. The van der Waals surface area contributed by atoms with Crippen LogP contribution in [0.2, 0.25) is 5.02 Å². The number of para-hydroxylation sites is 1. The third kappa shape index (κ3) is 3.41. The summed E-state index contributed by atoms with van der Waals surface area (Å²) in [6.45, 7) is 0. The maximum atomic E-state index is 12.3. The van der Waals surface area contributed by atoms with E-state index in [2.05, 4.69) is 5.32 Å². The Morgan fingerprint density at radius 1 is 1.19 bits per heavy atom. The summed E-state index contributed by atoms with van der Waals surface area (Å²) in [7, 11) is 0. The maximum absolute atomic E-state index is 12.3. The van der Waals surface area contributed by atoms with Gasteiger partial charge in [0.25, 0.3) is 11.6 Å². The van der Waals surface area contributed by atoms with E-state index in [4.69, 9.17) is 21.3 Å². The lowest BCUT2D eigenvalue weighted by Crippen LogP contribution is -2.11. The number of halogens is 1. The summed E-state index contributed by atoms with van der Waals surface area (Å²) in [6.07, 6.45) is 0. The van der Waals surface area contributed by atoms with Gasteiger partial charge in [-0.05, 0) is 36.4 Å². The van der Waals surface area contributed by atoms with Crippen LogP contribution in [0.4, 0.5) is 11.4 Å². The van der Waals surface area contributed by atoms with Crippen LogP contribution in [-0.4, -0.2) is 10.8 Å². The number of nitro groups is 1. The van der Waals surface area contributed by atoms with Crippen molar-refractivity contribution in [1.82, 2.24) is 0 Å². The van der Waals surface area contributed by atoms with Crippen LogP contribution in [-0.2, 0) is 0 Å². The van der Waals surface area contributed by atoms with Crippen molar-refractivity contribution in [2.45, 2.75) is 0 Å². The lowest BCUT2D eigenvalue weighted by Gasteiger charge is -2.05. The van der Waals surface area contributed by atoms with E-state index in [1.165, 1.54) is 30.3 Å². The van der Waals surface area contributed by atoms with Crippen LogP contribution in [0.3, 0.4) is 0 Å². The molecule has 128 valence electrons. The van der Waals surface area contributed by atoms with Crippen molar-refractivity contribution in [3.8, 4) is 17.4 Å². The zero-order valence-electron chi connectivity index (χ0n) is 13.1. The molecule has 26 heavy (non-hydrogen) atoms. The number of hydrogen-bond acceptors (Lipinski definition) is 5. The fourth-order valence-corrected chi connectivity index (χ4v) is 2.51. The molecule has 0 radical (unpaired) electrons. The summed E-state index contributed by atoms with van der Waals surface area (Å²) in [5.74, 6) is -0.459. The van der Waals surface area contributed by atoms with E-state index < -0.39 is 10.8 Å². The largest absolute Gasteiger partial charge is 0.451 e. The summed E-state index contributed by atoms with van der Waals surface area (Å²) >= 11 is 5.80. The normalized spacial score (nSPS) is 10.2. The van der Waals surface area contributed by atoms with Crippen LogP contribution >= 0.6 is 11.6 Å². The quantitative estimate of drug-likeness (QED) is 0.534. The third-order valence-corrected chi connectivity index (χ3v) is 3.78. The smallest absolute Gasteiger partial charge is 0.291 e. The molecule has 0 saturated carbocycles. The van der Waals surface area contributed by atoms with Gasteiger partial charge in [0.15, 0.2) is 5.76 Å². The molecule has 0 unspecified atom stereocenters. The number of nitriles is 1. The molecule has 0 spiro atoms. The molecule has 0 atom stereocenters. The van der Waals surface area contributed by atoms with Gasteiger partial charge in [-0.3, -0.25) is 14.9 Å². The Hall–Kier alpha value is -3.63. The van der Waals surface area contributed by atoms with E-state index in [9.17, 15) is 14.9 Å². The van der Waals surface area contributed by atoms with Gasteiger partial charge in [-0.1, -0.05) is 23.7 Å². The molecule has 0 aliphatic carbocycles. The van der Waals surface area contributed by atoms with E-state index in [0.717, 1.165) is 0 Å². The standard InChI is InChI=1S/C18H10ClN3O4/c19-12-5-6-13(15(9-12)22(24)25)16-7-8-17(26-16)18(23)21-14-4-2-1-3-11(14)10-20/h1-9H,(H,21,23). The molecule has 0 fully saturated rings. The van der Waals surface area contributed by atoms with Crippen molar-refractivity contribution in [3.05, 3.63) is 81.1 Å². The number of hydrogen-bond donors (Lipinski definition) is 1. The SMILES string of the molecule is N#Cc1ccccc1NC(=O)c1ccc(-c2ccc(Cl)cc2[N+](=O)[O-])o1. The molecule has 8 heteroatoms. The summed E-state index contributed by atoms with van der Waals surface area (Å²) in [6, 6.07) is 15.5. The highest BCUT2D eigenvalue weighted by molar-refractivity contribution is 6.30. The lowest BCUT2D eigenvalue weighted by atomic mass is 10.1. The lowest BCUT2D eigenvalue weighted by molar-refractivity contribution is -0.384. The molecule has 1 heterocycles. The Labute approximate surface area is 152 Å². The highest BCUT2D eigenvalue weighted by atomic mass is 35.5. The number of carbonyl (C=O) groups excluding carboxylic acids is 1. The minimum absolute atomic E-state index is 0.0445. The van der Waals surface area contributed by atoms with Crippen LogP contribution in [0, 0.1) is 21.4 Å². The number of carbonyl (C=O) groups is 1. The molecular formula is C18H10ClN3O4. The average molecular weight is 368 g/mol. The topological polar surface area (TPSA) is 109 Å².